The van der Waals surface area contributed by atoms with E-state index in [0.29, 0.717) is 6.54 Å². The Morgan fingerprint density at radius 1 is 1.10 bits per heavy atom. The summed E-state index contributed by atoms with van der Waals surface area (Å²) in [5.41, 5.74) is 8.91. The maximum Gasteiger partial charge on any atom is 0.245 e. The monoisotopic (exact) mass is 393 g/mol. The molecular weight excluding hydrogens is 362 g/mol. The molecule has 3 rings (SSSR count). The average Bonchev–Trinajstić information content (AvgIpc) is 3.04. The molecule has 5 nitrogen and oxygen atoms in total. The molecule has 0 aliphatic carbocycles. The molecule has 1 N–H and O–H groups in total. The van der Waals surface area contributed by atoms with Crippen molar-refractivity contribution in [2.24, 2.45) is 0 Å². The number of fused-ring (bicyclic) bond motifs is 1. The van der Waals surface area contributed by atoms with E-state index in [1.807, 2.05) is 6.07 Å². The second kappa shape index (κ2) is 9.23. The summed E-state index contributed by atoms with van der Waals surface area (Å²) in [6.45, 7) is 10.3. The zero-order valence-electron chi connectivity index (χ0n) is 18.1. The van der Waals surface area contributed by atoms with Crippen LogP contribution in [0.3, 0.4) is 0 Å². The SMILES string of the molecule is COCC(=O)NCCCc1nc2ccccc2n1Cc1c(C)c(C)cc(C)c1C. The van der Waals surface area contributed by atoms with Crippen molar-refractivity contribution in [1.82, 2.24) is 14.9 Å². The summed E-state index contributed by atoms with van der Waals surface area (Å²) in [4.78, 5) is 16.5. The first-order valence-corrected chi connectivity index (χ1v) is 10.2. The zero-order chi connectivity index (χ0) is 21.0. The van der Waals surface area contributed by atoms with E-state index in [1.165, 1.54) is 34.9 Å². The van der Waals surface area contributed by atoms with Crippen molar-refractivity contribution in [1.29, 1.82) is 0 Å². The lowest BCUT2D eigenvalue weighted by molar-refractivity contribution is -0.124. The van der Waals surface area contributed by atoms with Crippen molar-refractivity contribution < 1.29 is 9.53 Å². The fourth-order valence-corrected chi connectivity index (χ4v) is 3.84. The highest BCUT2D eigenvalue weighted by atomic mass is 16.5. The van der Waals surface area contributed by atoms with Crippen LogP contribution in [-0.2, 0) is 22.5 Å². The molecule has 2 aromatic carbocycles. The molecule has 3 aromatic rings. The van der Waals surface area contributed by atoms with Gasteiger partial charge in [-0.15, -0.1) is 0 Å². The van der Waals surface area contributed by atoms with Crippen LogP contribution in [0.25, 0.3) is 11.0 Å². The molecule has 0 aliphatic rings. The predicted octanol–water partition coefficient (Wildman–Crippen LogP) is 4.01. The van der Waals surface area contributed by atoms with Gasteiger partial charge in [-0.2, -0.15) is 0 Å². The summed E-state index contributed by atoms with van der Waals surface area (Å²) < 4.78 is 7.19. The van der Waals surface area contributed by atoms with E-state index in [0.717, 1.165) is 36.2 Å². The number of methoxy groups -OCH3 is 1. The Morgan fingerprint density at radius 3 is 2.48 bits per heavy atom. The minimum absolute atomic E-state index is 0.0810. The summed E-state index contributed by atoms with van der Waals surface area (Å²) in [6, 6.07) is 10.6. The number of carbonyl (C=O) groups is 1. The van der Waals surface area contributed by atoms with Crippen molar-refractivity contribution in [2.75, 3.05) is 20.3 Å². The van der Waals surface area contributed by atoms with E-state index in [4.69, 9.17) is 9.72 Å². The highest BCUT2D eigenvalue weighted by molar-refractivity contribution is 5.77. The van der Waals surface area contributed by atoms with E-state index in [9.17, 15) is 4.79 Å². The molecule has 0 saturated heterocycles. The minimum Gasteiger partial charge on any atom is -0.375 e. The topological polar surface area (TPSA) is 56.1 Å². The van der Waals surface area contributed by atoms with E-state index in [-0.39, 0.29) is 12.5 Å². The molecule has 0 atom stereocenters. The normalized spacial score (nSPS) is 11.2. The molecule has 5 heteroatoms. The average molecular weight is 394 g/mol. The first kappa shape index (κ1) is 21.1. The number of carbonyl (C=O) groups excluding carboxylic acids is 1. The number of ether oxygens (including phenoxy) is 1. The van der Waals surface area contributed by atoms with E-state index in [2.05, 4.69) is 61.8 Å². The molecule has 29 heavy (non-hydrogen) atoms. The van der Waals surface area contributed by atoms with Crippen molar-refractivity contribution in [3.8, 4) is 0 Å². The summed E-state index contributed by atoms with van der Waals surface area (Å²) in [6.07, 6.45) is 1.65. The van der Waals surface area contributed by atoms with E-state index >= 15 is 0 Å². The molecule has 154 valence electrons. The molecule has 1 heterocycles. The molecule has 0 fully saturated rings. The predicted molar refractivity (Wildman–Crippen MR) is 117 cm³/mol. The van der Waals surface area contributed by atoms with E-state index < -0.39 is 0 Å². The lowest BCUT2D eigenvalue weighted by atomic mass is 9.94. The van der Waals surface area contributed by atoms with Gasteiger partial charge in [0, 0.05) is 26.6 Å². The fraction of sp³-hybridized carbons (Fsp3) is 0.417. The van der Waals surface area contributed by atoms with Gasteiger partial charge in [-0.1, -0.05) is 18.2 Å². The smallest absolute Gasteiger partial charge is 0.245 e. The highest BCUT2D eigenvalue weighted by Gasteiger charge is 2.15. The maximum absolute atomic E-state index is 11.6. The molecule has 1 aromatic heterocycles. The number of imidazole rings is 1. The van der Waals surface area contributed by atoms with Crippen LogP contribution < -0.4 is 5.32 Å². The zero-order valence-corrected chi connectivity index (χ0v) is 18.1. The van der Waals surface area contributed by atoms with Crippen LogP contribution in [0.2, 0.25) is 0 Å². The van der Waals surface area contributed by atoms with Crippen LogP contribution in [0.5, 0.6) is 0 Å². The van der Waals surface area contributed by atoms with E-state index in [1.54, 1.807) is 0 Å². The molecule has 0 aliphatic heterocycles. The van der Waals surface area contributed by atoms with Crippen LogP contribution in [0.4, 0.5) is 0 Å². The van der Waals surface area contributed by atoms with Crippen molar-refractivity contribution in [2.45, 2.75) is 47.1 Å². The summed E-state index contributed by atoms with van der Waals surface area (Å²) in [5.74, 6) is 0.979. The third kappa shape index (κ3) is 4.67. The number of amides is 1. The molecule has 0 bridgehead atoms. The molecule has 0 unspecified atom stereocenters. The number of nitrogens with one attached hydrogen (secondary N) is 1. The lowest BCUT2D eigenvalue weighted by Gasteiger charge is -2.18. The number of hydrogen-bond donors (Lipinski definition) is 1. The Labute approximate surface area is 173 Å². The third-order valence-electron chi connectivity index (χ3n) is 5.75. The number of rotatable bonds is 8. The van der Waals surface area contributed by atoms with Gasteiger partial charge in [0.15, 0.2) is 0 Å². The molecule has 0 saturated carbocycles. The summed E-state index contributed by atoms with van der Waals surface area (Å²) in [5, 5.41) is 2.89. The quantitative estimate of drug-likeness (QED) is 0.588. The van der Waals surface area contributed by atoms with Gasteiger partial charge in [-0.3, -0.25) is 4.79 Å². The largest absolute Gasteiger partial charge is 0.375 e. The van der Waals surface area contributed by atoms with Crippen LogP contribution in [-0.4, -0.2) is 35.7 Å². The van der Waals surface area contributed by atoms with Crippen LogP contribution in [0, 0.1) is 27.7 Å². The van der Waals surface area contributed by atoms with Gasteiger partial charge in [-0.25, -0.2) is 4.98 Å². The summed E-state index contributed by atoms with van der Waals surface area (Å²) >= 11 is 0. The maximum atomic E-state index is 11.6. The highest BCUT2D eigenvalue weighted by Crippen LogP contribution is 2.25. The number of aromatic nitrogens is 2. The number of para-hydroxylation sites is 2. The van der Waals surface area contributed by atoms with Crippen molar-refractivity contribution in [3.05, 3.63) is 64.0 Å². The number of benzene rings is 2. The Bertz CT molecular complexity index is 994. The second-order valence-electron chi connectivity index (χ2n) is 7.73. The third-order valence-corrected chi connectivity index (χ3v) is 5.75. The van der Waals surface area contributed by atoms with Crippen LogP contribution in [0.1, 0.15) is 40.1 Å². The van der Waals surface area contributed by atoms with Gasteiger partial charge in [0.25, 0.3) is 0 Å². The van der Waals surface area contributed by atoms with Crippen LogP contribution in [0.15, 0.2) is 30.3 Å². The van der Waals surface area contributed by atoms with Gasteiger partial charge in [0.2, 0.25) is 5.91 Å². The summed E-state index contributed by atoms with van der Waals surface area (Å²) in [7, 11) is 1.53. The van der Waals surface area contributed by atoms with Gasteiger partial charge >= 0.3 is 0 Å². The first-order valence-electron chi connectivity index (χ1n) is 10.2. The van der Waals surface area contributed by atoms with Gasteiger partial charge in [0.1, 0.15) is 12.4 Å². The first-order chi connectivity index (χ1) is 13.9. The Morgan fingerprint density at radius 2 is 1.79 bits per heavy atom. The second-order valence-corrected chi connectivity index (χ2v) is 7.73. The fourth-order valence-electron chi connectivity index (χ4n) is 3.84. The molecule has 1 amide bonds. The van der Waals surface area contributed by atoms with Gasteiger partial charge < -0.3 is 14.6 Å². The van der Waals surface area contributed by atoms with Gasteiger partial charge in [-0.05, 0) is 74.1 Å². The number of hydrogen-bond acceptors (Lipinski definition) is 3. The molecule has 0 spiro atoms. The van der Waals surface area contributed by atoms with Crippen molar-refractivity contribution >= 4 is 16.9 Å². The molecular formula is C24H31N3O2. The lowest BCUT2D eigenvalue weighted by Crippen LogP contribution is -2.28. The Hall–Kier alpha value is -2.66. The van der Waals surface area contributed by atoms with Crippen LogP contribution >= 0.6 is 0 Å². The van der Waals surface area contributed by atoms with Crippen molar-refractivity contribution in [3.63, 3.8) is 0 Å². The Kier molecular flexibility index (Phi) is 6.70. The number of nitrogens with zero attached hydrogens (tertiary/aromatic N) is 2. The Balaban J connectivity index is 1.88. The van der Waals surface area contributed by atoms with Gasteiger partial charge in [0.05, 0.1) is 11.0 Å². The minimum atomic E-state index is -0.0810. The standard InChI is InChI=1S/C24H31N3O2/c1-16-13-17(2)19(4)20(18(16)3)14-27-22-10-7-6-9-21(22)26-23(27)11-8-12-25-24(28)15-29-5/h6-7,9-10,13H,8,11-12,14-15H2,1-5H3,(H,25,28). The molecule has 0 radical (unpaired) electrons. The number of aryl methyl sites for hydroxylation is 3.